The Hall–Kier alpha value is -1.72. The van der Waals surface area contributed by atoms with E-state index in [1.54, 1.807) is 29.4 Å². The number of nitrogens with one attached hydrogen (secondary N) is 2. The molecular formula is C13H12Cl2N4O. The number of benzene rings is 1. The summed E-state index contributed by atoms with van der Waals surface area (Å²) in [7, 11) is 0. The molecule has 1 aliphatic heterocycles. The quantitative estimate of drug-likeness (QED) is 0.849. The minimum atomic E-state index is -0.177. The van der Waals surface area contributed by atoms with Gasteiger partial charge in [-0.25, -0.2) is 9.78 Å². The molecular weight excluding hydrogens is 299 g/mol. The smallest absolute Gasteiger partial charge is 0.322 e. The molecule has 7 heteroatoms. The summed E-state index contributed by atoms with van der Waals surface area (Å²) >= 11 is 11.8. The molecule has 5 nitrogen and oxygen atoms in total. The van der Waals surface area contributed by atoms with Crippen molar-refractivity contribution in [2.45, 2.75) is 13.0 Å². The highest BCUT2D eigenvalue weighted by atomic mass is 35.5. The number of nitrogens with zero attached hydrogens (tertiary/aromatic N) is 2. The number of anilines is 1. The van der Waals surface area contributed by atoms with E-state index in [1.807, 2.05) is 0 Å². The fourth-order valence-corrected chi connectivity index (χ4v) is 2.74. The first kappa shape index (κ1) is 13.3. The number of carbonyl (C=O) groups excluding carboxylic acids is 1. The van der Waals surface area contributed by atoms with E-state index in [-0.39, 0.29) is 6.03 Å². The number of carbonyl (C=O) groups is 1. The Labute approximate surface area is 125 Å². The monoisotopic (exact) mass is 310 g/mol. The van der Waals surface area contributed by atoms with Crippen LogP contribution in [0.25, 0.3) is 0 Å². The third-order valence-corrected chi connectivity index (χ3v) is 3.61. The molecule has 0 unspecified atom stereocenters. The standard InChI is InChI=1S/C13H12Cl2N4O/c14-8-3-9(15)5-10(4-8)18-13(20)19-2-1-11-12(6-19)17-7-16-11/h3-5,7H,1-2,6H2,(H,16,17)(H,18,20). The minimum absolute atomic E-state index is 0.177. The van der Waals surface area contributed by atoms with Crippen LogP contribution in [0.5, 0.6) is 0 Å². The summed E-state index contributed by atoms with van der Waals surface area (Å²) in [5.41, 5.74) is 2.60. The van der Waals surface area contributed by atoms with Crippen LogP contribution in [0.4, 0.5) is 10.5 Å². The lowest BCUT2D eigenvalue weighted by molar-refractivity contribution is 0.205. The van der Waals surface area contributed by atoms with Gasteiger partial charge in [-0.2, -0.15) is 0 Å². The summed E-state index contributed by atoms with van der Waals surface area (Å²) in [4.78, 5) is 21.2. The molecule has 0 fully saturated rings. The van der Waals surface area contributed by atoms with Gasteiger partial charge in [0.1, 0.15) is 0 Å². The second-order valence-electron chi connectivity index (χ2n) is 4.59. The van der Waals surface area contributed by atoms with Crippen LogP contribution < -0.4 is 5.32 Å². The highest BCUT2D eigenvalue weighted by Gasteiger charge is 2.22. The van der Waals surface area contributed by atoms with Gasteiger partial charge in [0.05, 0.1) is 24.3 Å². The first-order valence-corrected chi connectivity index (χ1v) is 6.90. The van der Waals surface area contributed by atoms with Crippen molar-refractivity contribution in [3.05, 3.63) is 46.0 Å². The molecule has 0 aliphatic carbocycles. The van der Waals surface area contributed by atoms with E-state index in [2.05, 4.69) is 15.3 Å². The number of imidazole rings is 1. The highest BCUT2D eigenvalue weighted by Crippen LogP contribution is 2.23. The summed E-state index contributed by atoms with van der Waals surface area (Å²) < 4.78 is 0. The van der Waals surface area contributed by atoms with Crippen LogP contribution >= 0.6 is 23.2 Å². The summed E-state index contributed by atoms with van der Waals surface area (Å²) in [6, 6.07) is 4.77. The lowest BCUT2D eigenvalue weighted by atomic mass is 10.1. The summed E-state index contributed by atoms with van der Waals surface area (Å²) in [5.74, 6) is 0. The van der Waals surface area contributed by atoms with Crippen LogP contribution in [0.15, 0.2) is 24.5 Å². The molecule has 2 amide bonds. The summed E-state index contributed by atoms with van der Waals surface area (Å²) in [6.45, 7) is 1.16. The maximum atomic E-state index is 12.2. The minimum Gasteiger partial charge on any atom is -0.347 e. The Kier molecular flexibility index (Phi) is 3.54. The first-order chi connectivity index (χ1) is 9.61. The van der Waals surface area contributed by atoms with Gasteiger partial charge in [-0.1, -0.05) is 23.2 Å². The normalized spacial score (nSPS) is 14.0. The molecule has 0 saturated carbocycles. The number of amides is 2. The van der Waals surface area contributed by atoms with Crippen LogP contribution in [0, 0.1) is 0 Å². The number of hydrogen-bond donors (Lipinski definition) is 2. The van der Waals surface area contributed by atoms with Crippen molar-refractivity contribution in [2.75, 3.05) is 11.9 Å². The molecule has 20 heavy (non-hydrogen) atoms. The molecule has 2 aromatic rings. The molecule has 0 spiro atoms. The average Bonchev–Trinajstić information content (AvgIpc) is 2.84. The molecule has 0 bridgehead atoms. The number of fused-ring (bicyclic) bond motifs is 1. The van der Waals surface area contributed by atoms with Gasteiger partial charge in [-0.05, 0) is 18.2 Å². The first-order valence-electron chi connectivity index (χ1n) is 6.15. The van der Waals surface area contributed by atoms with Crippen molar-refractivity contribution in [2.24, 2.45) is 0 Å². The van der Waals surface area contributed by atoms with E-state index >= 15 is 0 Å². The fraction of sp³-hybridized carbons (Fsp3) is 0.231. The average molecular weight is 311 g/mol. The third-order valence-electron chi connectivity index (χ3n) is 3.18. The third kappa shape index (κ3) is 2.73. The van der Waals surface area contributed by atoms with E-state index in [1.165, 1.54) is 0 Å². The Morgan fingerprint density at radius 3 is 2.80 bits per heavy atom. The Bertz CT molecular complexity index is 635. The zero-order valence-electron chi connectivity index (χ0n) is 10.5. The maximum Gasteiger partial charge on any atom is 0.322 e. The van der Waals surface area contributed by atoms with Gasteiger partial charge in [0.15, 0.2) is 0 Å². The van der Waals surface area contributed by atoms with Crippen molar-refractivity contribution in [3.63, 3.8) is 0 Å². The van der Waals surface area contributed by atoms with Gasteiger partial charge in [0, 0.05) is 28.7 Å². The molecule has 0 saturated heterocycles. The van der Waals surface area contributed by atoms with Gasteiger partial charge in [0.25, 0.3) is 0 Å². The number of aromatic amines is 1. The number of halogens is 2. The summed E-state index contributed by atoms with van der Waals surface area (Å²) in [5, 5.41) is 3.78. The second kappa shape index (κ2) is 5.34. The van der Waals surface area contributed by atoms with E-state index in [0.717, 1.165) is 17.8 Å². The number of H-pyrrole nitrogens is 1. The second-order valence-corrected chi connectivity index (χ2v) is 5.46. The SMILES string of the molecule is O=C(Nc1cc(Cl)cc(Cl)c1)N1CCc2nc[nH]c2C1. The number of rotatable bonds is 1. The van der Waals surface area contributed by atoms with E-state index in [4.69, 9.17) is 23.2 Å². The molecule has 2 N–H and O–H groups in total. The van der Waals surface area contributed by atoms with Gasteiger partial charge < -0.3 is 15.2 Å². The molecule has 104 valence electrons. The molecule has 3 rings (SSSR count). The number of hydrogen-bond acceptors (Lipinski definition) is 2. The van der Waals surface area contributed by atoms with Crippen molar-refractivity contribution in [3.8, 4) is 0 Å². The maximum absolute atomic E-state index is 12.2. The predicted molar refractivity (Wildman–Crippen MR) is 78.2 cm³/mol. The van der Waals surface area contributed by atoms with E-state index in [0.29, 0.717) is 28.8 Å². The summed E-state index contributed by atoms with van der Waals surface area (Å²) in [6.07, 6.45) is 2.41. The molecule has 1 aliphatic rings. The van der Waals surface area contributed by atoms with Gasteiger partial charge in [0.2, 0.25) is 0 Å². The van der Waals surface area contributed by atoms with Crippen LogP contribution in [0.2, 0.25) is 10.0 Å². The van der Waals surface area contributed by atoms with Gasteiger partial charge in [-0.15, -0.1) is 0 Å². The number of urea groups is 1. The Morgan fingerprint density at radius 1 is 1.30 bits per heavy atom. The van der Waals surface area contributed by atoms with E-state index < -0.39 is 0 Å². The topological polar surface area (TPSA) is 61.0 Å². The van der Waals surface area contributed by atoms with Crippen LogP contribution in [0.3, 0.4) is 0 Å². The fourth-order valence-electron chi connectivity index (χ4n) is 2.21. The molecule has 1 aromatic carbocycles. The van der Waals surface area contributed by atoms with Crippen molar-refractivity contribution in [1.82, 2.24) is 14.9 Å². The largest absolute Gasteiger partial charge is 0.347 e. The Balaban J connectivity index is 1.71. The molecule has 0 atom stereocenters. The van der Waals surface area contributed by atoms with E-state index in [9.17, 15) is 4.79 Å². The van der Waals surface area contributed by atoms with Crippen molar-refractivity contribution >= 4 is 34.9 Å². The number of aromatic nitrogens is 2. The molecule has 2 heterocycles. The highest BCUT2D eigenvalue weighted by molar-refractivity contribution is 6.35. The van der Waals surface area contributed by atoms with Crippen LogP contribution in [-0.4, -0.2) is 27.4 Å². The van der Waals surface area contributed by atoms with Crippen molar-refractivity contribution in [1.29, 1.82) is 0 Å². The predicted octanol–water partition coefficient (Wildman–Crippen LogP) is 3.31. The lowest BCUT2D eigenvalue weighted by Crippen LogP contribution is -2.38. The molecule has 1 aromatic heterocycles. The van der Waals surface area contributed by atoms with Crippen LogP contribution in [-0.2, 0) is 13.0 Å². The molecule has 0 radical (unpaired) electrons. The van der Waals surface area contributed by atoms with Gasteiger partial charge >= 0.3 is 6.03 Å². The Morgan fingerprint density at radius 2 is 2.05 bits per heavy atom. The van der Waals surface area contributed by atoms with Crippen LogP contribution in [0.1, 0.15) is 11.4 Å². The zero-order chi connectivity index (χ0) is 14.1. The zero-order valence-corrected chi connectivity index (χ0v) is 12.0. The van der Waals surface area contributed by atoms with Gasteiger partial charge in [-0.3, -0.25) is 0 Å². The lowest BCUT2D eigenvalue weighted by Gasteiger charge is -2.26. The van der Waals surface area contributed by atoms with Crippen molar-refractivity contribution < 1.29 is 4.79 Å².